The summed E-state index contributed by atoms with van der Waals surface area (Å²) in [6.07, 6.45) is 3.49. The van der Waals surface area contributed by atoms with E-state index in [-0.39, 0.29) is 0 Å². The molecular weight excluding hydrogens is 294 g/mol. The zero-order valence-corrected chi connectivity index (χ0v) is 12.8. The van der Waals surface area contributed by atoms with E-state index in [0.717, 1.165) is 30.8 Å². The minimum atomic E-state index is -3.43. The minimum absolute atomic E-state index is 0.290. The summed E-state index contributed by atoms with van der Waals surface area (Å²) >= 11 is 1.06. The van der Waals surface area contributed by atoms with Gasteiger partial charge in [-0.3, -0.25) is 4.90 Å². The highest BCUT2D eigenvalue weighted by molar-refractivity contribution is 7.91. The Hall–Kier alpha value is -0.940. The number of fused-ring (bicyclic) bond motifs is 1. The Kier molecular flexibility index (Phi) is 3.82. The Bertz CT molecular complexity index is 632. The first-order chi connectivity index (χ1) is 9.61. The van der Waals surface area contributed by atoms with E-state index < -0.39 is 10.0 Å². The van der Waals surface area contributed by atoms with E-state index in [4.69, 9.17) is 5.26 Å². The van der Waals surface area contributed by atoms with Gasteiger partial charge in [0, 0.05) is 25.7 Å². The molecule has 1 aromatic heterocycles. The number of piperazine rings is 1. The summed E-state index contributed by atoms with van der Waals surface area (Å²) in [7, 11) is -3.43. The molecule has 0 spiro atoms. The van der Waals surface area contributed by atoms with Gasteiger partial charge in [-0.25, -0.2) is 8.42 Å². The van der Waals surface area contributed by atoms with E-state index in [2.05, 4.69) is 4.90 Å². The molecule has 20 heavy (non-hydrogen) atoms. The number of hydrogen-bond acceptors (Lipinski definition) is 5. The van der Waals surface area contributed by atoms with E-state index >= 15 is 0 Å². The van der Waals surface area contributed by atoms with Crippen LogP contribution in [-0.2, 0) is 10.0 Å². The van der Waals surface area contributed by atoms with Crippen LogP contribution < -0.4 is 0 Å². The van der Waals surface area contributed by atoms with Gasteiger partial charge < -0.3 is 0 Å². The zero-order chi connectivity index (χ0) is 14.2. The minimum Gasteiger partial charge on any atom is -0.298 e. The maximum absolute atomic E-state index is 12.6. The number of rotatable bonds is 2. The van der Waals surface area contributed by atoms with Crippen LogP contribution in [-0.4, -0.2) is 49.8 Å². The lowest BCUT2D eigenvalue weighted by atomic mass is 10.0. The molecule has 1 atom stereocenters. The van der Waals surface area contributed by atoms with Crippen molar-refractivity contribution >= 4 is 21.4 Å². The molecule has 2 aliphatic heterocycles. The fraction of sp³-hybridized carbons (Fsp3) is 0.615. The van der Waals surface area contributed by atoms with Crippen LogP contribution in [0.5, 0.6) is 0 Å². The van der Waals surface area contributed by atoms with E-state index in [9.17, 15) is 8.42 Å². The molecular formula is C13H17N3O2S2. The van der Waals surface area contributed by atoms with Gasteiger partial charge in [-0.2, -0.15) is 9.57 Å². The molecule has 0 amide bonds. The highest BCUT2D eigenvalue weighted by Gasteiger charge is 2.35. The highest BCUT2D eigenvalue weighted by Crippen LogP contribution is 2.28. The molecule has 0 aromatic carbocycles. The monoisotopic (exact) mass is 311 g/mol. The number of piperidine rings is 1. The first kappa shape index (κ1) is 14.0. The molecule has 5 nitrogen and oxygen atoms in total. The van der Waals surface area contributed by atoms with Gasteiger partial charge in [-0.15, -0.1) is 11.3 Å². The summed E-state index contributed by atoms with van der Waals surface area (Å²) in [6, 6.07) is 5.48. The molecule has 108 valence electrons. The van der Waals surface area contributed by atoms with Crippen molar-refractivity contribution in [3.05, 3.63) is 17.0 Å². The Morgan fingerprint density at radius 3 is 2.85 bits per heavy atom. The van der Waals surface area contributed by atoms with Crippen molar-refractivity contribution in [2.24, 2.45) is 0 Å². The molecule has 0 bridgehead atoms. The molecule has 1 unspecified atom stereocenters. The van der Waals surface area contributed by atoms with Crippen molar-refractivity contribution in [3.63, 3.8) is 0 Å². The van der Waals surface area contributed by atoms with Crippen LogP contribution in [0.25, 0.3) is 0 Å². The van der Waals surface area contributed by atoms with Crippen LogP contribution in [0.2, 0.25) is 0 Å². The smallest absolute Gasteiger partial charge is 0.252 e. The summed E-state index contributed by atoms with van der Waals surface area (Å²) in [4.78, 5) is 2.85. The molecule has 3 heterocycles. The van der Waals surface area contributed by atoms with Gasteiger partial charge in [0.05, 0.1) is 0 Å². The van der Waals surface area contributed by atoms with Crippen LogP contribution in [0.15, 0.2) is 16.3 Å². The molecule has 2 aliphatic rings. The molecule has 1 aromatic rings. The normalized spacial score (nSPS) is 25.1. The number of nitrogens with zero attached hydrogens (tertiary/aromatic N) is 3. The quantitative estimate of drug-likeness (QED) is 0.830. The third kappa shape index (κ3) is 2.49. The van der Waals surface area contributed by atoms with Crippen molar-refractivity contribution in [1.29, 1.82) is 5.26 Å². The van der Waals surface area contributed by atoms with Crippen molar-refractivity contribution < 1.29 is 8.42 Å². The van der Waals surface area contributed by atoms with Crippen LogP contribution in [0.1, 0.15) is 24.1 Å². The zero-order valence-electron chi connectivity index (χ0n) is 11.2. The molecule has 2 fully saturated rings. The average molecular weight is 311 g/mol. The van der Waals surface area contributed by atoms with Crippen molar-refractivity contribution in [2.75, 3.05) is 26.2 Å². The molecule has 0 aliphatic carbocycles. The third-order valence-corrected chi connectivity index (χ3v) is 7.41. The number of hydrogen-bond donors (Lipinski definition) is 0. The Balaban J connectivity index is 1.80. The Morgan fingerprint density at radius 1 is 1.25 bits per heavy atom. The summed E-state index contributed by atoms with van der Waals surface area (Å²) in [5.74, 6) is 0. The lowest BCUT2D eigenvalue weighted by molar-refractivity contribution is 0.0852. The number of thiophene rings is 1. The average Bonchev–Trinajstić information content (AvgIpc) is 2.96. The standard InChI is InChI=1S/C13H17N3O2S2/c14-9-12-4-5-13(19-12)20(17,18)16-8-7-15-6-2-1-3-11(15)10-16/h4-5,11H,1-3,6-8,10H2. The summed E-state index contributed by atoms with van der Waals surface area (Å²) in [5, 5.41) is 8.83. The van der Waals surface area contributed by atoms with E-state index in [1.807, 2.05) is 6.07 Å². The highest BCUT2D eigenvalue weighted by atomic mass is 32.2. The van der Waals surface area contributed by atoms with Gasteiger partial charge >= 0.3 is 0 Å². The molecule has 0 radical (unpaired) electrons. The van der Waals surface area contributed by atoms with Gasteiger partial charge in [0.2, 0.25) is 0 Å². The van der Waals surface area contributed by atoms with E-state index in [0.29, 0.717) is 28.2 Å². The summed E-state index contributed by atoms with van der Waals surface area (Å²) < 4.78 is 27.1. The maximum atomic E-state index is 12.6. The van der Waals surface area contributed by atoms with Crippen molar-refractivity contribution in [2.45, 2.75) is 29.5 Å². The Labute approximate surface area is 123 Å². The largest absolute Gasteiger partial charge is 0.298 e. The molecule has 7 heteroatoms. The second-order valence-corrected chi connectivity index (χ2v) is 8.53. The van der Waals surface area contributed by atoms with Crippen LogP contribution in [0.3, 0.4) is 0 Å². The summed E-state index contributed by atoms with van der Waals surface area (Å²) in [6.45, 7) is 3.05. The fourth-order valence-corrected chi connectivity index (χ4v) is 5.72. The first-order valence-corrected chi connectivity index (χ1v) is 9.11. The second kappa shape index (κ2) is 5.45. The van der Waals surface area contributed by atoms with Gasteiger partial charge in [-0.05, 0) is 31.5 Å². The Morgan fingerprint density at radius 2 is 2.10 bits per heavy atom. The van der Waals surface area contributed by atoms with Crippen molar-refractivity contribution in [1.82, 2.24) is 9.21 Å². The van der Waals surface area contributed by atoms with Crippen LogP contribution in [0, 0.1) is 11.3 Å². The van der Waals surface area contributed by atoms with Crippen molar-refractivity contribution in [3.8, 4) is 6.07 Å². The molecule has 0 N–H and O–H groups in total. The lowest BCUT2D eigenvalue weighted by Gasteiger charge is -2.43. The van der Waals surface area contributed by atoms with Crippen LogP contribution >= 0.6 is 11.3 Å². The van der Waals surface area contributed by atoms with Gasteiger partial charge in [-0.1, -0.05) is 6.42 Å². The van der Waals surface area contributed by atoms with Crippen LogP contribution in [0.4, 0.5) is 0 Å². The lowest BCUT2D eigenvalue weighted by Crippen LogP contribution is -2.55. The van der Waals surface area contributed by atoms with E-state index in [1.165, 1.54) is 12.8 Å². The third-order valence-electron chi connectivity index (χ3n) is 4.09. The fourth-order valence-electron chi connectivity index (χ4n) is 2.99. The second-order valence-electron chi connectivity index (χ2n) is 5.28. The summed E-state index contributed by atoms with van der Waals surface area (Å²) in [5.41, 5.74) is 0. The predicted molar refractivity (Wildman–Crippen MR) is 77.0 cm³/mol. The molecule has 0 saturated carbocycles. The maximum Gasteiger partial charge on any atom is 0.252 e. The SMILES string of the molecule is N#Cc1ccc(S(=O)(=O)N2CCN3CCCCC3C2)s1. The molecule has 2 saturated heterocycles. The van der Waals surface area contributed by atoms with E-state index in [1.54, 1.807) is 16.4 Å². The first-order valence-electron chi connectivity index (χ1n) is 6.85. The molecule has 3 rings (SSSR count). The topological polar surface area (TPSA) is 64.4 Å². The van der Waals surface area contributed by atoms with Gasteiger partial charge in [0.25, 0.3) is 10.0 Å². The number of sulfonamides is 1. The van der Waals surface area contributed by atoms with Gasteiger partial charge in [0.15, 0.2) is 0 Å². The predicted octanol–water partition coefficient (Wildman–Crippen LogP) is 1.48. The van der Waals surface area contributed by atoms with Gasteiger partial charge in [0.1, 0.15) is 15.2 Å². The number of nitriles is 1.